The molecule has 4 rings (SSSR count). The van der Waals surface area contributed by atoms with Crippen molar-refractivity contribution in [3.05, 3.63) is 23.8 Å². The van der Waals surface area contributed by atoms with Crippen LogP contribution in [0.15, 0.2) is 23.4 Å². The summed E-state index contributed by atoms with van der Waals surface area (Å²) in [6.07, 6.45) is 6.73. The van der Waals surface area contributed by atoms with E-state index in [1.807, 2.05) is 6.07 Å². The molecule has 0 N–H and O–H groups in total. The van der Waals surface area contributed by atoms with Gasteiger partial charge in [0.2, 0.25) is 0 Å². The Morgan fingerprint density at radius 2 is 2.08 bits per heavy atom. The summed E-state index contributed by atoms with van der Waals surface area (Å²) in [6, 6.07) is 6.15. The van der Waals surface area contributed by atoms with Gasteiger partial charge < -0.3 is 19.0 Å². The fourth-order valence-corrected chi connectivity index (χ4v) is 3.82. The average Bonchev–Trinajstić information content (AvgIpc) is 3.38. The fourth-order valence-electron chi connectivity index (χ4n) is 3.82. The van der Waals surface area contributed by atoms with E-state index in [9.17, 15) is 0 Å². The number of hydrogen-bond acceptors (Lipinski definition) is 5. The first-order chi connectivity index (χ1) is 12.6. The summed E-state index contributed by atoms with van der Waals surface area (Å²) in [5, 5.41) is 4.36. The second-order valence-electron chi connectivity index (χ2n) is 8.18. The van der Waals surface area contributed by atoms with E-state index in [0.717, 1.165) is 55.1 Å². The maximum atomic E-state index is 6.31. The summed E-state index contributed by atoms with van der Waals surface area (Å²) in [5.74, 6) is 2.14. The van der Waals surface area contributed by atoms with Gasteiger partial charge in [0.25, 0.3) is 0 Å². The number of oxime groups is 1. The summed E-state index contributed by atoms with van der Waals surface area (Å²) in [6.45, 7) is 6.37. The van der Waals surface area contributed by atoms with Crippen molar-refractivity contribution >= 4 is 5.71 Å². The molecule has 1 atom stereocenters. The molecule has 0 amide bonds. The molecule has 0 aromatic heterocycles. The van der Waals surface area contributed by atoms with Crippen molar-refractivity contribution in [3.63, 3.8) is 0 Å². The average molecular weight is 359 g/mol. The summed E-state index contributed by atoms with van der Waals surface area (Å²) in [5.41, 5.74) is 1.77. The minimum atomic E-state index is -0.255. The van der Waals surface area contributed by atoms with E-state index in [0.29, 0.717) is 25.2 Å². The molecule has 3 aliphatic rings. The van der Waals surface area contributed by atoms with Crippen LogP contribution >= 0.6 is 0 Å². The molecule has 1 unspecified atom stereocenters. The minimum absolute atomic E-state index is 0.255. The molecule has 1 aromatic carbocycles. The van der Waals surface area contributed by atoms with Gasteiger partial charge in [-0.2, -0.15) is 0 Å². The quantitative estimate of drug-likeness (QED) is 0.759. The predicted octanol–water partition coefficient (Wildman–Crippen LogP) is 4.33. The van der Waals surface area contributed by atoms with Crippen molar-refractivity contribution in [1.29, 1.82) is 0 Å². The van der Waals surface area contributed by atoms with E-state index in [4.69, 9.17) is 19.0 Å². The molecule has 1 aliphatic carbocycles. The van der Waals surface area contributed by atoms with E-state index in [2.05, 4.69) is 31.1 Å². The predicted molar refractivity (Wildman–Crippen MR) is 100 cm³/mol. The first kappa shape index (κ1) is 17.7. The van der Waals surface area contributed by atoms with Gasteiger partial charge >= 0.3 is 0 Å². The summed E-state index contributed by atoms with van der Waals surface area (Å²) < 4.78 is 17.8. The molecule has 0 bridgehead atoms. The molecule has 26 heavy (non-hydrogen) atoms. The van der Waals surface area contributed by atoms with E-state index in [-0.39, 0.29) is 5.60 Å². The van der Waals surface area contributed by atoms with E-state index >= 15 is 0 Å². The monoisotopic (exact) mass is 359 g/mol. The molecule has 1 aromatic rings. The third kappa shape index (κ3) is 3.83. The second kappa shape index (κ2) is 7.47. The molecule has 5 heteroatoms. The van der Waals surface area contributed by atoms with Gasteiger partial charge in [0, 0.05) is 18.4 Å². The second-order valence-corrected chi connectivity index (χ2v) is 8.18. The van der Waals surface area contributed by atoms with Gasteiger partial charge in [-0.25, -0.2) is 0 Å². The Bertz CT molecular complexity index is 658. The maximum Gasteiger partial charge on any atom is 0.168 e. The lowest BCUT2D eigenvalue weighted by Crippen LogP contribution is -2.29. The minimum Gasteiger partial charge on any atom is -0.489 e. The lowest BCUT2D eigenvalue weighted by atomic mass is 9.93. The largest absolute Gasteiger partial charge is 0.489 e. The first-order valence-corrected chi connectivity index (χ1v) is 9.90. The normalized spacial score (nSPS) is 25.7. The van der Waals surface area contributed by atoms with Crippen LogP contribution in [0.4, 0.5) is 0 Å². The third-order valence-electron chi connectivity index (χ3n) is 5.35. The highest BCUT2D eigenvalue weighted by Crippen LogP contribution is 2.37. The maximum absolute atomic E-state index is 6.31. The molecule has 5 nitrogen and oxygen atoms in total. The number of nitrogens with zero attached hydrogens (tertiary/aromatic N) is 1. The molecule has 2 fully saturated rings. The molecule has 1 spiro atoms. The van der Waals surface area contributed by atoms with Crippen molar-refractivity contribution in [2.75, 3.05) is 19.8 Å². The van der Waals surface area contributed by atoms with Crippen LogP contribution in [0.3, 0.4) is 0 Å². The van der Waals surface area contributed by atoms with Crippen LogP contribution in [0.2, 0.25) is 0 Å². The zero-order chi connectivity index (χ0) is 18.0. The van der Waals surface area contributed by atoms with Gasteiger partial charge in [-0.1, -0.05) is 19.0 Å². The van der Waals surface area contributed by atoms with Gasteiger partial charge in [-0.15, -0.1) is 0 Å². The Balaban J connectivity index is 1.53. The first-order valence-electron chi connectivity index (χ1n) is 9.90. The highest BCUT2D eigenvalue weighted by Gasteiger charge is 2.43. The highest BCUT2D eigenvalue weighted by atomic mass is 16.7. The Kier molecular flexibility index (Phi) is 5.07. The molecule has 2 aliphatic heterocycles. The Labute approximate surface area is 155 Å². The van der Waals surface area contributed by atoms with Crippen molar-refractivity contribution in [2.45, 2.75) is 64.1 Å². The Morgan fingerprint density at radius 3 is 2.81 bits per heavy atom. The summed E-state index contributed by atoms with van der Waals surface area (Å²) in [7, 11) is 0. The van der Waals surface area contributed by atoms with Crippen molar-refractivity contribution in [3.8, 4) is 11.5 Å². The smallest absolute Gasteiger partial charge is 0.168 e. The number of rotatable bonds is 6. The van der Waals surface area contributed by atoms with Gasteiger partial charge in [-0.3, -0.25) is 0 Å². The van der Waals surface area contributed by atoms with Gasteiger partial charge in [0.05, 0.1) is 31.6 Å². The van der Waals surface area contributed by atoms with Crippen molar-refractivity contribution in [2.24, 2.45) is 11.1 Å². The van der Waals surface area contributed by atoms with E-state index < -0.39 is 0 Å². The standard InChI is InChI=1S/C21H29NO4/c1-15(2)13-24-19-8-7-16(11-20(19)25-17-5-3-4-6-17)18-12-21(26-22-18)9-10-23-14-21/h7-8,11,15,17H,3-6,9-10,12-14H2,1-2H3. The summed E-state index contributed by atoms with van der Waals surface area (Å²) in [4.78, 5) is 5.74. The molecule has 1 saturated carbocycles. The molecular weight excluding hydrogens is 330 g/mol. The fraction of sp³-hybridized carbons (Fsp3) is 0.667. The van der Waals surface area contributed by atoms with Crippen molar-refractivity contribution in [1.82, 2.24) is 0 Å². The van der Waals surface area contributed by atoms with E-state index in [1.54, 1.807) is 0 Å². The van der Waals surface area contributed by atoms with Crippen LogP contribution in [0.5, 0.6) is 11.5 Å². The van der Waals surface area contributed by atoms with Crippen LogP contribution in [0.1, 0.15) is 57.9 Å². The summed E-state index contributed by atoms with van der Waals surface area (Å²) >= 11 is 0. The molecule has 1 saturated heterocycles. The van der Waals surface area contributed by atoms with Gasteiger partial charge in [-0.05, 0) is 49.8 Å². The lowest BCUT2D eigenvalue weighted by molar-refractivity contribution is -0.0237. The Morgan fingerprint density at radius 1 is 1.23 bits per heavy atom. The van der Waals surface area contributed by atoms with Crippen LogP contribution in [0, 0.1) is 5.92 Å². The molecule has 2 heterocycles. The molecule has 0 radical (unpaired) electrons. The Hall–Kier alpha value is -1.75. The van der Waals surface area contributed by atoms with Crippen molar-refractivity contribution < 1.29 is 19.0 Å². The van der Waals surface area contributed by atoms with Gasteiger partial charge in [0.15, 0.2) is 17.1 Å². The molecule has 142 valence electrons. The van der Waals surface area contributed by atoms with Crippen LogP contribution < -0.4 is 9.47 Å². The highest BCUT2D eigenvalue weighted by molar-refractivity contribution is 6.02. The van der Waals surface area contributed by atoms with Crippen LogP contribution in [-0.4, -0.2) is 37.2 Å². The van der Waals surface area contributed by atoms with Gasteiger partial charge in [0.1, 0.15) is 0 Å². The topological polar surface area (TPSA) is 49.3 Å². The third-order valence-corrected chi connectivity index (χ3v) is 5.35. The molecular formula is C21H29NO4. The number of ether oxygens (including phenoxy) is 3. The van der Waals surface area contributed by atoms with Crippen LogP contribution in [-0.2, 0) is 9.57 Å². The van der Waals surface area contributed by atoms with E-state index in [1.165, 1.54) is 12.8 Å². The number of hydrogen-bond donors (Lipinski definition) is 0. The number of benzene rings is 1. The zero-order valence-electron chi connectivity index (χ0n) is 15.8. The van der Waals surface area contributed by atoms with Crippen LogP contribution in [0.25, 0.3) is 0 Å². The zero-order valence-corrected chi connectivity index (χ0v) is 15.8. The lowest BCUT2D eigenvalue weighted by Gasteiger charge is -2.19. The SMILES string of the molecule is CC(C)COc1ccc(C2=NOC3(CCOC3)C2)cc1OC1CCCC1.